The van der Waals surface area contributed by atoms with Crippen molar-refractivity contribution in [2.75, 3.05) is 5.32 Å². The Labute approximate surface area is 121 Å². The van der Waals surface area contributed by atoms with Crippen molar-refractivity contribution >= 4 is 17.7 Å². The van der Waals surface area contributed by atoms with Gasteiger partial charge >= 0.3 is 12.0 Å². The van der Waals surface area contributed by atoms with Crippen LogP contribution in [0.15, 0.2) is 42.7 Å². The molecule has 0 saturated heterocycles. The maximum absolute atomic E-state index is 11.8. The number of benzene rings is 1. The third-order valence-electron chi connectivity index (χ3n) is 2.85. The number of hydrogen-bond acceptors (Lipinski definition) is 3. The molecule has 0 bridgehead atoms. The van der Waals surface area contributed by atoms with Crippen LogP contribution in [0.2, 0.25) is 0 Å². The van der Waals surface area contributed by atoms with Crippen LogP contribution >= 0.6 is 0 Å². The van der Waals surface area contributed by atoms with Gasteiger partial charge in [-0.25, -0.2) is 9.59 Å². The second kappa shape index (κ2) is 6.56. The highest BCUT2D eigenvalue weighted by Gasteiger charge is 2.20. The van der Waals surface area contributed by atoms with Crippen molar-refractivity contribution in [1.82, 2.24) is 15.1 Å². The molecular formula is C14H16N4O3. The van der Waals surface area contributed by atoms with Crippen molar-refractivity contribution in [2.45, 2.75) is 12.5 Å². The van der Waals surface area contributed by atoms with Gasteiger partial charge in [0.05, 0.1) is 11.9 Å². The highest BCUT2D eigenvalue weighted by molar-refractivity contribution is 5.92. The van der Waals surface area contributed by atoms with E-state index in [9.17, 15) is 14.7 Å². The van der Waals surface area contributed by atoms with Crippen LogP contribution in [0, 0.1) is 0 Å². The molecule has 21 heavy (non-hydrogen) atoms. The van der Waals surface area contributed by atoms with Gasteiger partial charge in [-0.3, -0.25) is 4.68 Å². The van der Waals surface area contributed by atoms with E-state index in [0.29, 0.717) is 5.69 Å². The fraction of sp³-hybridized carbons (Fsp3) is 0.214. The van der Waals surface area contributed by atoms with E-state index in [-0.39, 0.29) is 6.42 Å². The Bertz CT molecular complexity index is 624. The number of aliphatic carboxylic acids is 1. The number of carbonyl (C=O) groups excluding carboxylic acids is 1. The number of carboxylic acid groups (broad SMARTS) is 1. The molecule has 0 radical (unpaired) electrons. The quantitative estimate of drug-likeness (QED) is 0.771. The molecule has 0 aliphatic rings. The Morgan fingerprint density at radius 3 is 2.62 bits per heavy atom. The van der Waals surface area contributed by atoms with Crippen molar-refractivity contribution in [3.63, 3.8) is 0 Å². The predicted molar refractivity (Wildman–Crippen MR) is 76.9 cm³/mol. The first kappa shape index (κ1) is 14.6. The van der Waals surface area contributed by atoms with Crippen molar-refractivity contribution in [1.29, 1.82) is 0 Å². The summed E-state index contributed by atoms with van der Waals surface area (Å²) in [6.45, 7) is 0. The fourth-order valence-electron chi connectivity index (χ4n) is 1.86. The number of carbonyl (C=O) groups is 2. The number of nitrogens with one attached hydrogen (secondary N) is 2. The third-order valence-corrected chi connectivity index (χ3v) is 2.85. The Morgan fingerprint density at radius 2 is 2.05 bits per heavy atom. The van der Waals surface area contributed by atoms with Gasteiger partial charge in [0.15, 0.2) is 0 Å². The highest BCUT2D eigenvalue weighted by atomic mass is 16.4. The van der Waals surface area contributed by atoms with Gasteiger partial charge in [-0.05, 0) is 5.56 Å². The van der Waals surface area contributed by atoms with Crippen LogP contribution in [0.3, 0.4) is 0 Å². The molecule has 7 heteroatoms. The number of carboxylic acids is 1. The summed E-state index contributed by atoms with van der Waals surface area (Å²) in [5, 5.41) is 18.1. The van der Waals surface area contributed by atoms with Gasteiger partial charge in [0, 0.05) is 19.7 Å². The molecule has 1 aromatic heterocycles. The Balaban J connectivity index is 1.96. The summed E-state index contributed by atoms with van der Waals surface area (Å²) in [5.74, 6) is -1.08. The maximum Gasteiger partial charge on any atom is 0.326 e. The number of nitrogens with zero attached hydrogens (tertiary/aromatic N) is 2. The molecule has 3 N–H and O–H groups in total. The van der Waals surface area contributed by atoms with Crippen molar-refractivity contribution < 1.29 is 14.7 Å². The van der Waals surface area contributed by atoms with Crippen LogP contribution in [0.5, 0.6) is 0 Å². The van der Waals surface area contributed by atoms with E-state index >= 15 is 0 Å². The van der Waals surface area contributed by atoms with Crippen LogP contribution in [0.1, 0.15) is 5.56 Å². The molecule has 1 aromatic carbocycles. The van der Waals surface area contributed by atoms with Gasteiger partial charge in [-0.2, -0.15) is 5.10 Å². The molecule has 1 atom stereocenters. The molecular weight excluding hydrogens is 272 g/mol. The molecule has 7 nitrogen and oxygen atoms in total. The maximum atomic E-state index is 11.8. The number of hydrogen-bond donors (Lipinski definition) is 3. The lowest BCUT2D eigenvalue weighted by atomic mass is 10.1. The largest absolute Gasteiger partial charge is 0.480 e. The molecule has 2 aromatic rings. The average molecular weight is 288 g/mol. The lowest BCUT2D eigenvalue weighted by Crippen LogP contribution is -2.44. The Morgan fingerprint density at radius 1 is 1.33 bits per heavy atom. The van der Waals surface area contributed by atoms with E-state index in [4.69, 9.17) is 0 Å². The fourth-order valence-corrected chi connectivity index (χ4v) is 1.86. The van der Waals surface area contributed by atoms with E-state index in [1.54, 1.807) is 13.2 Å². The molecule has 110 valence electrons. The van der Waals surface area contributed by atoms with Crippen LogP contribution in [0.25, 0.3) is 0 Å². The number of rotatable bonds is 5. The summed E-state index contributed by atoms with van der Waals surface area (Å²) < 4.78 is 1.54. The van der Waals surface area contributed by atoms with Crippen LogP contribution in [0.4, 0.5) is 10.5 Å². The molecule has 0 aliphatic heterocycles. The number of aryl methyl sites for hydroxylation is 1. The van der Waals surface area contributed by atoms with Crippen molar-refractivity contribution in [3.8, 4) is 0 Å². The first-order valence-electron chi connectivity index (χ1n) is 6.37. The third kappa shape index (κ3) is 4.34. The zero-order valence-electron chi connectivity index (χ0n) is 11.5. The normalized spacial score (nSPS) is 11.7. The zero-order chi connectivity index (χ0) is 15.2. The molecule has 0 aliphatic carbocycles. The molecule has 1 heterocycles. The summed E-state index contributed by atoms with van der Waals surface area (Å²) in [4.78, 5) is 23.0. The van der Waals surface area contributed by atoms with Crippen molar-refractivity contribution in [2.24, 2.45) is 7.05 Å². The summed E-state index contributed by atoms with van der Waals surface area (Å²) in [6.07, 6.45) is 3.32. The van der Waals surface area contributed by atoms with Gasteiger partial charge < -0.3 is 15.7 Å². The summed E-state index contributed by atoms with van der Waals surface area (Å²) >= 11 is 0. The first-order chi connectivity index (χ1) is 10.0. The first-order valence-corrected chi connectivity index (χ1v) is 6.37. The molecule has 2 amide bonds. The van der Waals surface area contributed by atoms with E-state index in [0.717, 1.165) is 5.56 Å². The van der Waals surface area contributed by atoms with Crippen molar-refractivity contribution in [3.05, 3.63) is 48.3 Å². The minimum atomic E-state index is -1.08. The zero-order valence-corrected chi connectivity index (χ0v) is 11.5. The molecule has 2 rings (SSSR count). The predicted octanol–water partition coefficient (Wildman–Crippen LogP) is 1.24. The minimum Gasteiger partial charge on any atom is -0.480 e. The standard InChI is InChI=1S/C14H16N4O3/c1-18-9-11(8-15-18)16-14(21)17-12(13(19)20)7-10-5-3-2-4-6-10/h2-6,8-9,12H,7H2,1H3,(H,19,20)(H2,16,17,21). The molecule has 0 saturated carbocycles. The Hall–Kier alpha value is -2.83. The van der Waals surface area contributed by atoms with E-state index in [2.05, 4.69) is 15.7 Å². The van der Waals surface area contributed by atoms with Gasteiger partial charge in [0.2, 0.25) is 0 Å². The number of anilines is 1. The Kier molecular flexibility index (Phi) is 4.55. The number of amides is 2. The molecule has 1 unspecified atom stereocenters. The van der Waals surface area contributed by atoms with Gasteiger partial charge in [-0.1, -0.05) is 30.3 Å². The van der Waals surface area contributed by atoms with Crippen LogP contribution in [-0.2, 0) is 18.3 Å². The lowest BCUT2D eigenvalue weighted by Gasteiger charge is -2.14. The number of aromatic nitrogens is 2. The summed E-state index contributed by atoms with van der Waals surface area (Å²) in [5.41, 5.74) is 1.34. The number of urea groups is 1. The molecule has 0 spiro atoms. The topological polar surface area (TPSA) is 96.2 Å². The SMILES string of the molecule is Cn1cc(NC(=O)NC(Cc2ccccc2)C(=O)O)cn1. The monoisotopic (exact) mass is 288 g/mol. The van der Waals surface area contributed by atoms with Crippen LogP contribution in [-0.4, -0.2) is 32.9 Å². The second-order valence-electron chi connectivity index (χ2n) is 4.58. The average Bonchev–Trinajstić information content (AvgIpc) is 2.84. The van der Waals surface area contributed by atoms with E-state index < -0.39 is 18.0 Å². The van der Waals surface area contributed by atoms with Crippen LogP contribution < -0.4 is 10.6 Å². The molecule has 0 fully saturated rings. The highest BCUT2D eigenvalue weighted by Crippen LogP contribution is 2.05. The summed E-state index contributed by atoms with van der Waals surface area (Å²) in [6, 6.07) is 7.55. The summed E-state index contributed by atoms with van der Waals surface area (Å²) in [7, 11) is 1.72. The lowest BCUT2D eigenvalue weighted by molar-refractivity contribution is -0.139. The van der Waals surface area contributed by atoms with Gasteiger partial charge in [0.25, 0.3) is 0 Å². The van der Waals surface area contributed by atoms with E-state index in [1.807, 2.05) is 30.3 Å². The second-order valence-corrected chi connectivity index (χ2v) is 4.58. The van der Waals surface area contributed by atoms with Gasteiger partial charge in [-0.15, -0.1) is 0 Å². The minimum absolute atomic E-state index is 0.219. The smallest absolute Gasteiger partial charge is 0.326 e. The van der Waals surface area contributed by atoms with Gasteiger partial charge in [0.1, 0.15) is 6.04 Å². The van der Waals surface area contributed by atoms with E-state index in [1.165, 1.54) is 10.9 Å².